The van der Waals surface area contributed by atoms with Crippen LogP contribution in [0.5, 0.6) is 17.2 Å². The van der Waals surface area contributed by atoms with Gasteiger partial charge in [0, 0.05) is 30.8 Å². The summed E-state index contributed by atoms with van der Waals surface area (Å²) in [4.78, 5) is 23.2. The molecule has 0 aliphatic carbocycles. The first-order chi connectivity index (χ1) is 10.1. The Morgan fingerprint density at radius 2 is 1.81 bits per heavy atom. The molecule has 0 aromatic heterocycles. The van der Waals surface area contributed by atoms with Crippen molar-refractivity contribution in [2.45, 2.75) is 6.42 Å². The normalized spacial score (nSPS) is 17.1. The van der Waals surface area contributed by atoms with Crippen molar-refractivity contribution in [2.75, 3.05) is 33.2 Å². The van der Waals surface area contributed by atoms with Crippen LogP contribution < -0.4 is 24.8 Å². The van der Waals surface area contributed by atoms with Crippen LogP contribution in [0.2, 0.25) is 0 Å². The fraction of sp³-hybridized carbons (Fsp3) is 0.429. The molecular weight excluding hydrogens is 276 g/mol. The van der Waals surface area contributed by atoms with Gasteiger partial charge >= 0.3 is 0 Å². The Morgan fingerprint density at radius 1 is 1.19 bits per heavy atom. The van der Waals surface area contributed by atoms with Crippen LogP contribution in [0.4, 0.5) is 5.69 Å². The minimum Gasteiger partial charge on any atom is -0.493 e. The van der Waals surface area contributed by atoms with Gasteiger partial charge in [0.05, 0.1) is 27.2 Å². The van der Waals surface area contributed by atoms with E-state index in [-0.39, 0.29) is 24.2 Å². The van der Waals surface area contributed by atoms with Crippen LogP contribution in [0.15, 0.2) is 12.1 Å². The highest BCUT2D eigenvalue weighted by Gasteiger charge is 2.28. The SMILES string of the molecule is COc1cc(NC(=O)C2CNC(=O)C2)cc(OC)c1OC. The van der Waals surface area contributed by atoms with E-state index in [1.807, 2.05) is 0 Å². The number of ether oxygens (including phenoxy) is 3. The second-order valence-corrected chi connectivity index (χ2v) is 4.61. The summed E-state index contributed by atoms with van der Waals surface area (Å²) < 4.78 is 15.7. The van der Waals surface area contributed by atoms with Gasteiger partial charge in [-0.3, -0.25) is 9.59 Å². The van der Waals surface area contributed by atoms with E-state index in [1.165, 1.54) is 21.3 Å². The lowest BCUT2D eigenvalue weighted by Crippen LogP contribution is -2.24. The van der Waals surface area contributed by atoms with Gasteiger partial charge in [-0.05, 0) is 0 Å². The maximum absolute atomic E-state index is 12.1. The van der Waals surface area contributed by atoms with Crippen molar-refractivity contribution in [3.05, 3.63) is 12.1 Å². The topological polar surface area (TPSA) is 85.9 Å². The molecule has 1 atom stereocenters. The van der Waals surface area contributed by atoms with E-state index in [2.05, 4.69) is 10.6 Å². The number of rotatable bonds is 5. The van der Waals surface area contributed by atoms with Crippen molar-refractivity contribution in [1.82, 2.24) is 5.32 Å². The lowest BCUT2D eigenvalue weighted by atomic mass is 10.1. The number of anilines is 1. The van der Waals surface area contributed by atoms with Crippen LogP contribution in [-0.2, 0) is 9.59 Å². The maximum Gasteiger partial charge on any atom is 0.229 e. The quantitative estimate of drug-likeness (QED) is 0.838. The van der Waals surface area contributed by atoms with Gasteiger partial charge in [0.1, 0.15) is 0 Å². The van der Waals surface area contributed by atoms with Crippen molar-refractivity contribution in [2.24, 2.45) is 5.92 Å². The molecule has 2 amide bonds. The Balaban J connectivity index is 2.20. The van der Waals surface area contributed by atoms with Gasteiger partial charge in [-0.25, -0.2) is 0 Å². The number of hydrogen-bond donors (Lipinski definition) is 2. The van der Waals surface area contributed by atoms with E-state index >= 15 is 0 Å². The molecule has 1 unspecified atom stereocenters. The molecule has 7 heteroatoms. The molecule has 1 fully saturated rings. The summed E-state index contributed by atoms with van der Waals surface area (Å²) in [6.45, 7) is 0.356. The molecule has 0 radical (unpaired) electrons. The Hall–Kier alpha value is -2.44. The molecule has 1 heterocycles. The number of amides is 2. The fourth-order valence-electron chi connectivity index (χ4n) is 2.19. The number of methoxy groups -OCH3 is 3. The molecule has 0 bridgehead atoms. The third kappa shape index (κ3) is 3.18. The van der Waals surface area contributed by atoms with Gasteiger partial charge < -0.3 is 24.8 Å². The molecule has 1 aromatic carbocycles. The summed E-state index contributed by atoms with van der Waals surface area (Å²) in [7, 11) is 4.51. The zero-order valence-corrected chi connectivity index (χ0v) is 12.2. The number of benzene rings is 1. The first-order valence-electron chi connectivity index (χ1n) is 6.46. The van der Waals surface area contributed by atoms with E-state index in [4.69, 9.17) is 14.2 Å². The Morgan fingerprint density at radius 3 is 2.24 bits per heavy atom. The molecule has 1 aromatic rings. The van der Waals surface area contributed by atoms with Crippen LogP contribution in [0, 0.1) is 5.92 Å². The zero-order chi connectivity index (χ0) is 15.4. The highest BCUT2D eigenvalue weighted by atomic mass is 16.5. The maximum atomic E-state index is 12.1. The van der Waals surface area contributed by atoms with E-state index in [9.17, 15) is 9.59 Å². The molecule has 7 nitrogen and oxygen atoms in total. The van der Waals surface area contributed by atoms with E-state index in [0.717, 1.165) is 0 Å². The summed E-state index contributed by atoms with van der Waals surface area (Å²) in [5.74, 6) is 0.663. The number of hydrogen-bond acceptors (Lipinski definition) is 5. The Kier molecular flexibility index (Phi) is 4.52. The monoisotopic (exact) mass is 294 g/mol. The third-order valence-corrected chi connectivity index (χ3v) is 3.28. The zero-order valence-electron chi connectivity index (χ0n) is 12.2. The summed E-state index contributed by atoms with van der Waals surface area (Å²) in [6, 6.07) is 3.28. The molecule has 0 saturated carbocycles. The molecule has 2 rings (SSSR count). The van der Waals surface area contributed by atoms with Crippen molar-refractivity contribution in [3.63, 3.8) is 0 Å². The van der Waals surface area contributed by atoms with Crippen LogP contribution in [-0.4, -0.2) is 39.7 Å². The summed E-state index contributed by atoms with van der Waals surface area (Å²) >= 11 is 0. The van der Waals surface area contributed by atoms with Gasteiger partial charge in [-0.1, -0.05) is 0 Å². The fourth-order valence-corrected chi connectivity index (χ4v) is 2.19. The third-order valence-electron chi connectivity index (χ3n) is 3.28. The average Bonchev–Trinajstić information content (AvgIpc) is 2.92. The first kappa shape index (κ1) is 15.0. The molecule has 114 valence electrons. The van der Waals surface area contributed by atoms with Gasteiger partial charge in [-0.15, -0.1) is 0 Å². The number of carbonyl (C=O) groups excluding carboxylic acids is 2. The molecule has 1 aliphatic rings. The molecule has 2 N–H and O–H groups in total. The van der Waals surface area contributed by atoms with Gasteiger partial charge in [0.15, 0.2) is 11.5 Å². The van der Waals surface area contributed by atoms with E-state index < -0.39 is 0 Å². The Bertz CT molecular complexity index is 533. The van der Waals surface area contributed by atoms with E-state index in [0.29, 0.717) is 29.5 Å². The van der Waals surface area contributed by atoms with Crippen molar-refractivity contribution in [3.8, 4) is 17.2 Å². The second kappa shape index (κ2) is 6.34. The standard InChI is InChI=1S/C14H18N2O5/c1-19-10-5-9(6-11(20-2)13(10)21-3)16-14(18)8-4-12(17)15-7-8/h5-6,8H,4,7H2,1-3H3,(H,15,17)(H,16,18). The largest absolute Gasteiger partial charge is 0.493 e. The lowest BCUT2D eigenvalue weighted by molar-refractivity contribution is -0.123. The highest BCUT2D eigenvalue weighted by Crippen LogP contribution is 2.40. The molecular formula is C14H18N2O5. The summed E-state index contributed by atoms with van der Waals surface area (Å²) in [5, 5.41) is 5.39. The van der Waals surface area contributed by atoms with Crippen LogP contribution in [0.3, 0.4) is 0 Å². The first-order valence-corrected chi connectivity index (χ1v) is 6.46. The molecule has 21 heavy (non-hydrogen) atoms. The van der Waals surface area contributed by atoms with Gasteiger partial charge in [0.2, 0.25) is 17.6 Å². The summed E-state index contributed by atoms with van der Waals surface area (Å²) in [5.41, 5.74) is 0.522. The van der Waals surface area contributed by atoms with Gasteiger partial charge in [0.25, 0.3) is 0 Å². The highest BCUT2D eigenvalue weighted by molar-refractivity contribution is 5.97. The Labute approximate surface area is 122 Å². The minimum absolute atomic E-state index is 0.111. The van der Waals surface area contributed by atoms with Crippen LogP contribution >= 0.6 is 0 Å². The lowest BCUT2D eigenvalue weighted by Gasteiger charge is -2.15. The van der Waals surface area contributed by atoms with Crippen molar-refractivity contribution < 1.29 is 23.8 Å². The molecule has 1 saturated heterocycles. The molecule has 1 aliphatic heterocycles. The second-order valence-electron chi connectivity index (χ2n) is 4.61. The predicted octanol–water partition coefficient (Wildman–Crippen LogP) is 0.787. The predicted molar refractivity (Wildman–Crippen MR) is 75.8 cm³/mol. The van der Waals surface area contributed by atoms with Crippen LogP contribution in [0.25, 0.3) is 0 Å². The smallest absolute Gasteiger partial charge is 0.229 e. The summed E-state index contributed by atoms with van der Waals surface area (Å²) in [6.07, 6.45) is 0.205. The molecule has 0 spiro atoms. The number of carbonyl (C=O) groups is 2. The van der Waals surface area contributed by atoms with Crippen LogP contribution in [0.1, 0.15) is 6.42 Å². The minimum atomic E-state index is -0.364. The average molecular weight is 294 g/mol. The number of nitrogens with one attached hydrogen (secondary N) is 2. The van der Waals surface area contributed by atoms with Crippen molar-refractivity contribution >= 4 is 17.5 Å². The van der Waals surface area contributed by atoms with Crippen molar-refractivity contribution in [1.29, 1.82) is 0 Å². The van der Waals surface area contributed by atoms with E-state index in [1.54, 1.807) is 12.1 Å². The van der Waals surface area contributed by atoms with Gasteiger partial charge in [-0.2, -0.15) is 0 Å².